The molecule has 3 N–H and O–H groups in total. The van der Waals surface area contributed by atoms with Gasteiger partial charge in [-0.25, -0.2) is 0 Å². The first-order valence-corrected chi connectivity index (χ1v) is 9.54. The fourth-order valence-corrected chi connectivity index (χ4v) is 3.66. The van der Waals surface area contributed by atoms with Crippen LogP contribution in [0.1, 0.15) is 47.7 Å². The van der Waals surface area contributed by atoms with Crippen LogP contribution in [-0.2, 0) is 25.8 Å². The molecule has 0 saturated heterocycles. The molecule has 0 unspecified atom stereocenters. The topological polar surface area (TPSA) is 73.1 Å². The van der Waals surface area contributed by atoms with Gasteiger partial charge in [-0.05, 0) is 54.5 Å². The Morgan fingerprint density at radius 2 is 2.15 bits per heavy atom. The van der Waals surface area contributed by atoms with Gasteiger partial charge in [0.1, 0.15) is 5.82 Å². The number of fused-ring (bicyclic) bond motifs is 2. The van der Waals surface area contributed by atoms with Crippen LogP contribution in [0.5, 0.6) is 6.01 Å². The number of benzene rings is 1. The summed E-state index contributed by atoms with van der Waals surface area (Å²) >= 11 is 0. The number of hydrogen-bond acceptors (Lipinski definition) is 5. The minimum Gasteiger partial charge on any atom is -0.463 e. The van der Waals surface area contributed by atoms with E-state index in [1.807, 2.05) is 0 Å². The fourth-order valence-electron chi connectivity index (χ4n) is 3.66. The van der Waals surface area contributed by atoms with Crippen molar-refractivity contribution in [2.75, 3.05) is 18.9 Å². The van der Waals surface area contributed by atoms with Crippen molar-refractivity contribution in [1.29, 1.82) is 0 Å². The van der Waals surface area contributed by atoms with E-state index in [2.05, 4.69) is 46.5 Å². The normalized spacial score (nSPS) is 15.3. The molecule has 5 nitrogen and oxygen atoms in total. The van der Waals surface area contributed by atoms with Crippen LogP contribution in [0.3, 0.4) is 0 Å². The highest BCUT2D eigenvalue weighted by Gasteiger charge is 2.21. The summed E-state index contributed by atoms with van der Waals surface area (Å²) in [4.78, 5) is 8.98. The fraction of sp³-hybridized carbons (Fsp3) is 0.429. The highest BCUT2D eigenvalue weighted by atomic mass is 16.5. The van der Waals surface area contributed by atoms with Gasteiger partial charge >= 0.3 is 6.01 Å². The Balaban J connectivity index is 1.55. The van der Waals surface area contributed by atoms with Gasteiger partial charge in [-0.3, -0.25) is 0 Å². The van der Waals surface area contributed by atoms with Crippen LogP contribution >= 0.6 is 0 Å². The average Bonchev–Trinajstić information content (AvgIpc) is 3.05. The van der Waals surface area contributed by atoms with Gasteiger partial charge in [-0.2, -0.15) is 9.97 Å². The van der Waals surface area contributed by atoms with Gasteiger partial charge in [0, 0.05) is 12.1 Å². The Kier molecular flexibility index (Phi) is 4.89. The maximum absolute atomic E-state index is 6.15. The van der Waals surface area contributed by atoms with E-state index < -0.39 is 0 Å². The predicted molar refractivity (Wildman–Crippen MR) is 104 cm³/mol. The van der Waals surface area contributed by atoms with Crippen LogP contribution in [0.2, 0.25) is 0 Å². The number of nitrogens with one attached hydrogen (secondary N) is 1. The van der Waals surface area contributed by atoms with Gasteiger partial charge in [-0.1, -0.05) is 37.6 Å². The summed E-state index contributed by atoms with van der Waals surface area (Å²) in [6.07, 6.45) is 7.08. The smallest absolute Gasteiger partial charge is 0.318 e. The van der Waals surface area contributed by atoms with E-state index in [1.165, 1.54) is 22.3 Å². The van der Waals surface area contributed by atoms with Crippen LogP contribution in [-0.4, -0.2) is 23.1 Å². The van der Waals surface area contributed by atoms with Crippen molar-refractivity contribution in [3.8, 4) is 6.01 Å². The van der Waals surface area contributed by atoms with E-state index in [0.29, 0.717) is 18.4 Å². The van der Waals surface area contributed by atoms with E-state index in [0.717, 1.165) is 56.5 Å². The molecule has 1 aromatic carbocycles. The van der Waals surface area contributed by atoms with Crippen molar-refractivity contribution in [2.24, 2.45) is 0 Å². The lowest BCUT2D eigenvalue weighted by Crippen LogP contribution is -2.23. The average molecular weight is 350 g/mol. The van der Waals surface area contributed by atoms with Gasteiger partial charge in [0.2, 0.25) is 0 Å². The molecule has 0 fully saturated rings. The minimum absolute atomic E-state index is 0.402. The van der Waals surface area contributed by atoms with Crippen molar-refractivity contribution >= 4 is 11.4 Å². The number of nitrogens with two attached hydrogens (primary N) is 1. The second-order valence-corrected chi connectivity index (χ2v) is 7.06. The molecule has 136 valence electrons. The summed E-state index contributed by atoms with van der Waals surface area (Å²) in [5.74, 6) is 0.546. The van der Waals surface area contributed by atoms with Crippen molar-refractivity contribution in [3.05, 3.63) is 52.2 Å². The Morgan fingerprint density at radius 1 is 1.23 bits per heavy atom. The van der Waals surface area contributed by atoms with E-state index in [4.69, 9.17) is 10.5 Å². The number of nitrogens with zero attached hydrogens (tertiary/aromatic N) is 2. The van der Waals surface area contributed by atoms with Gasteiger partial charge in [0.05, 0.1) is 12.3 Å². The molecule has 2 aromatic rings. The summed E-state index contributed by atoms with van der Waals surface area (Å²) in [7, 11) is 0. The molecule has 1 aliphatic heterocycles. The monoisotopic (exact) mass is 350 g/mol. The Morgan fingerprint density at radius 3 is 3.04 bits per heavy atom. The molecule has 4 rings (SSSR count). The number of allylic oxidation sites excluding steroid dienone is 2. The number of nitrogen functional groups attached to an aromatic ring is 1. The van der Waals surface area contributed by atoms with Gasteiger partial charge < -0.3 is 15.8 Å². The number of unbranched alkanes of at least 4 members (excludes halogenated alkanes) is 1. The Labute approximate surface area is 154 Å². The first-order valence-electron chi connectivity index (χ1n) is 9.54. The van der Waals surface area contributed by atoms with Crippen molar-refractivity contribution in [2.45, 2.75) is 45.6 Å². The number of aromatic nitrogens is 2. The number of ether oxygens (including phenoxy) is 1. The summed E-state index contributed by atoms with van der Waals surface area (Å²) in [5.41, 5.74) is 13.6. The first kappa shape index (κ1) is 17.0. The molecule has 1 aromatic heterocycles. The first-order chi connectivity index (χ1) is 12.7. The number of rotatable bonds is 6. The van der Waals surface area contributed by atoms with Crippen LogP contribution in [0.25, 0.3) is 5.57 Å². The zero-order valence-electron chi connectivity index (χ0n) is 15.3. The zero-order valence-corrected chi connectivity index (χ0v) is 15.3. The van der Waals surface area contributed by atoms with Crippen LogP contribution in [0.4, 0.5) is 5.82 Å². The molecule has 26 heavy (non-hydrogen) atoms. The second-order valence-electron chi connectivity index (χ2n) is 7.06. The maximum Gasteiger partial charge on any atom is 0.318 e. The summed E-state index contributed by atoms with van der Waals surface area (Å²) in [6.45, 7) is 4.80. The molecule has 0 spiro atoms. The van der Waals surface area contributed by atoms with Crippen molar-refractivity contribution in [3.63, 3.8) is 0 Å². The van der Waals surface area contributed by atoms with Gasteiger partial charge in [0.15, 0.2) is 0 Å². The largest absolute Gasteiger partial charge is 0.463 e. The summed E-state index contributed by atoms with van der Waals surface area (Å²) in [6, 6.07) is 7.23. The van der Waals surface area contributed by atoms with E-state index in [9.17, 15) is 0 Å². The van der Waals surface area contributed by atoms with Gasteiger partial charge in [-0.15, -0.1) is 0 Å². The van der Waals surface area contributed by atoms with Gasteiger partial charge in [0.25, 0.3) is 0 Å². The molecule has 0 radical (unpaired) electrons. The third-order valence-corrected chi connectivity index (χ3v) is 5.16. The van der Waals surface area contributed by atoms with Crippen molar-refractivity contribution in [1.82, 2.24) is 15.3 Å². The van der Waals surface area contributed by atoms with Crippen LogP contribution < -0.4 is 15.8 Å². The molecule has 0 bridgehead atoms. The van der Waals surface area contributed by atoms with Crippen molar-refractivity contribution < 1.29 is 4.74 Å². The van der Waals surface area contributed by atoms with E-state index >= 15 is 0 Å². The molecular formula is C21H26N4O. The third kappa shape index (κ3) is 3.44. The van der Waals surface area contributed by atoms with E-state index in [-0.39, 0.29) is 0 Å². The Bertz CT molecular complexity index is 844. The third-order valence-electron chi connectivity index (χ3n) is 5.16. The molecule has 0 amide bonds. The second kappa shape index (κ2) is 7.46. The molecule has 0 atom stereocenters. The molecular weight excluding hydrogens is 324 g/mol. The molecule has 1 aliphatic carbocycles. The van der Waals surface area contributed by atoms with E-state index in [1.54, 1.807) is 0 Å². The quantitative estimate of drug-likeness (QED) is 0.783. The lowest BCUT2D eigenvalue weighted by molar-refractivity contribution is 0.285. The zero-order chi connectivity index (χ0) is 17.9. The lowest BCUT2D eigenvalue weighted by Gasteiger charge is -2.18. The molecule has 2 aliphatic rings. The number of hydrogen-bond donors (Lipinski definition) is 2. The molecule has 5 heteroatoms. The molecule has 0 saturated carbocycles. The summed E-state index contributed by atoms with van der Waals surface area (Å²) in [5, 5.41) is 3.42. The SMILES string of the molecule is CCCCOc1nc(N)c2c(n1)C(Cc1ccc3c(c1)CCNC3)=CC2. The highest BCUT2D eigenvalue weighted by molar-refractivity contribution is 5.75. The standard InChI is InChI=1S/C21H26N4O/c1-2-3-10-26-21-24-19-16(6-7-18(19)20(22)25-21)12-14-4-5-17-13-23-9-8-15(17)11-14/h4-6,11,23H,2-3,7-10,12-13H2,1H3,(H2,22,24,25). The maximum atomic E-state index is 6.15. The minimum atomic E-state index is 0.402. The lowest BCUT2D eigenvalue weighted by atomic mass is 9.95. The number of anilines is 1. The predicted octanol–water partition coefficient (Wildman–Crippen LogP) is 3.07. The highest BCUT2D eigenvalue weighted by Crippen LogP contribution is 2.33. The molecule has 2 heterocycles. The van der Waals surface area contributed by atoms with Crippen LogP contribution in [0, 0.1) is 0 Å². The Hall–Kier alpha value is -2.40. The van der Waals surface area contributed by atoms with Crippen LogP contribution in [0.15, 0.2) is 24.3 Å². The summed E-state index contributed by atoms with van der Waals surface area (Å²) < 4.78 is 5.69.